The number of rotatable bonds is 5. The lowest BCUT2D eigenvalue weighted by Crippen LogP contribution is -2.47. The fraction of sp³-hybridized carbons (Fsp3) is 0.300. The van der Waals surface area contributed by atoms with E-state index >= 15 is 0 Å². The van der Waals surface area contributed by atoms with Gasteiger partial charge in [-0.1, -0.05) is 49.7 Å². The summed E-state index contributed by atoms with van der Waals surface area (Å²) in [7, 11) is 0. The second-order valence-corrected chi connectivity index (χ2v) is 7.40. The van der Waals surface area contributed by atoms with Crippen LogP contribution in [0.15, 0.2) is 42.5 Å². The first-order valence-electron chi connectivity index (χ1n) is 8.53. The maximum atomic E-state index is 14.0. The predicted molar refractivity (Wildman–Crippen MR) is 102 cm³/mol. The molecule has 2 aromatic rings. The van der Waals surface area contributed by atoms with E-state index in [1.54, 1.807) is 36.4 Å². The fourth-order valence-corrected chi connectivity index (χ4v) is 3.22. The number of nitrogens with one attached hydrogen (secondary N) is 1. The molecule has 1 heterocycles. The molecule has 5 nitrogen and oxygen atoms in total. The number of carbonyl (C=O) groups is 2. The molecule has 3 rings (SSSR count). The van der Waals surface area contributed by atoms with Crippen LogP contribution in [0.2, 0.25) is 5.02 Å². The van der Waals surface area contributed by atoms with E-state index in [9.17, 15) is 14.0 Å². The summed E-state index contributed by atoms with van der Waals surface area (Å²) in [6.07, 6.45) is 0. The zero-order valence-corrected chi connectivity index (χ0v) is 15.8. The van der Waals surface area contributed by atoms with Crippen molar-refractivity contribution in [3.05, 3.63) is 58.9 Å². The first kappa shape index (κ1) is 19.2. The van der Waals surface area contributed by atoms with Crippen molar-refractivity contribution in [1.82, 2.24) is 5.32 Å². The quantitative estimate of drug-likeness (QED) is 0.852. The number of para-hydroxylation sites is 1. The monoisotopic (exact) mass is 390 g/mol. The van der Waals surface area contributed by atoms with Gasteiger partial charge >= 0.3 is 0 Å². The first-order chi connectivity index (χ1) is 12.8. The molecule has 7 heteroatoms. The van der Waals surface area contributed by atoms with E-state index in [0.717, 1.165) is 0 Å². The van der Waals surface area contributed by atoms with Crippen molar-refractivity contribution < 1.29 is 18.7 Å². The van der Waals surface area contributed by atoms with Gasteiger partial charge in [0.2, 0.25) is 5.91 Å². The standard InChI is InChI=1S/C20H20ClFN2O3/c1-20(2,13-6-3-4-8-15(13)22)12-23-17(25)10-24-16-9-5-7-14(21)19(16)27-11-18(24)26/h3-9H,10-12H2,1-2H3,(H,23,25). The Hall–Kier alpha value is -2.60. The summed E-state index contributed by atoms with van der Waals surface area (Å²) in [5.74, 6) is -0.601. The molecule has 0 saturated heterocycles. The Bertz CT molecular complexity index is 885. The van der Waals surface area contributed by atoms with E-state index in [1.165, 1.54) is 11.0 Å². The molecule has 0 radical (unpaired) electrons. The van der Waals surface area contributed by atoms with Crippen LogP contribution in [0.25, 0.3) is 0 Å². The van der Waals surface area contributed by atoms with E-state index in [0.29, 0.717) is 22.0 Å². The lowest BCUT2D eigenvalue weighted by atomic mass is 9.84. The molecule has 1 aliphatic rings. The maximum absolute atomic E-state index is 14.0. The molecule has 2 aromatic carbocycles. The predicted octanol–water partition coefficient (Wildman–Crippen LogP) is 3.30. The Balaban J connectivity index is 1.69. The molecule has 27 heavy (non-hydrogen) atoms. The highest BCUT2D eigenvalue weighted by Crippen LogP contribution is 2.37. The molecular formula is C20H20ClFN2O3. The number of benzene rings is 2. The largest absolute Gasteiger partial charge is 0.480 e. The van der Waals surface area contributed by atoms with Gasteiger partial charge in [-0.05, 0) is 23.8 Å². The second kappa shape index (κ2) is 7.56. The summed E-state index contributed by atoms with van der Waals surface area (Å²) < 4.78 is 19.4. The summed E-state index contributed by atoms with van der Waals surface area (Å²) in [5, 5.41) is 3.17. The molecule has 1 aliphatic heterocycles. The summed E-state index contributed by atoms with van der Waals surface area (Å²) in [5.41, 5.74) is 0.379. The van der Waals surface area contributed by atoms with Crippen LogP contribution in [0, 0.1) is 5.82 Å². The van der Waals surface area contributed by atoms with Gasteiger partial charge < -0.3 is 10.1 Å². The maximum Gasteiger partial charge on any atom is 0.265 e. The number of hydrogen-bond acceptors (Lipinski definition) is 3. The van der Waals surface area contributed by atoms with Crippen LogP contribution in [-0.4, -0.2) is 31.5 Å². The third kappa shape index (κ3) is 4.06. The number of fused-ring (bicyclic) bond motifs is 1. The van der Waals surface area contributed by atoms with Gasteiger partial charge in [0.25, 0.3) is 5.91 Å². The number of amides is 2. The third-order valence-electron chi connectivity index (χ3n) is 4.51. The summed E-state index contributed by atoms with van der Waals surface area (Å²) >= 11 is 6.10. The van der Waals surface area contributed by atoms with Gasteiger partial charge in [-0.2, -0.15) is 0 Å². The number of nitrogens with zero attached hydrogens (tertiary/aromatic N) is 1. The zero-order chi connectivity index (χ0) is 19.6. The lowest BCUT2D eigenvalue weighted by molar-refractivity contribution is -0.125. The first-order valence-corrected chi connectivity index (χ1v) is 8.91. The third-order valence-corrected chi connectivity index (χ3v) is 4.81. The summed E-state index contributed by atoms with van der Waals surface area (Å²) in [6.45, 7) is 3.59. The average Bonchev–Trinajstić information content (AvgIpc) is 2.63. The number of hydrogen-bond donors (Lipinski definition) is 1. The van der Waals surface area contributed by atoms with Gasteiger partial charge in [-0.15, -0.1) is 0 Å². The van der Waals surface area contributed by atoms with Gasteiger partial charge in [0.1, 0.15) is 12.4 Å². The van der Waals surface area contributed by atoms with Crippen molar-refractivity contribution in [3.8, 4) is 5.75 Å². The van der Waals surface area contributed by atoms with Crippen molar-refractivity contribution in [2.45, 2.75) is 19.3 Å². The number of halogens is 2. The fourth-order valence-electron chi connectivity index (χ4n) is 3.00. The molecule has 0 aliphatic carbocycles. The van der Waals surface area contributed by atoms with Crippen LogP contribution < -0.4 is 15.0 Å². The van der Waals surface area contributed by atoms with E-state index < -0.39 is 5.41 Å². The number of carbonyl (C=O) groups excluding carboxylic acids is 2. The summed E-state index contributed by atoms with van der Waals surface area (Å²) in [6, 6.07) is 11.5. The molecule has 0 bridgehead atoms. The molecule has 142 valence electrons. The minimum absolute atomic E-state index is 0.164. The molecule has 2 amide bonds. The minimum Gasteiger partial charge on any atom is -0.480 e. The van der Waals surface area contributed by atoms with Crippen LogP contribution in [-0.2, 0) is 15.0 Å². The van der Waals surface area contributed by atoms with Crippen LogP contribution in [0.3, 0.4) is 0 Å². The number of ether oxygens (including phenoxy) is 1. The molecule has 0 unspecified atom stereocenters. The van der Waals surface area contributed by atoms with Gasteiger partial charge in [-0.3, -0.25) is 14.5 Å². The molecule has 0 fully saturated rings. The Kier molecular flexibility index (Phi) is 5.37. The van der Waals surface area contributed by atoms with E-state index in [2.05, 4.69) is 5.32 Å². The molecule has 0 saturated carbocycles. The van der Waals surface area contributed by atoms with E-state index in [1.807, 2.05) is 13.8 Å². The van der Waals surface area contributed by atoms with Crippen molar-refractivity contribution >= 4 is 29.1 Å². The van der Waals surface area contributed by atoms with Gasteiger partial charge in [0.15, 0.2) is 12.4 Å². The number of anilines is 1. The highest BCUT2D eigenvalue weighted by molar-refractivity contribution is 6.32. The van der Waals surface area contributed by atoms with Crippen LogP contribution >= 0.6 is 11.6 Å². The molecule has 0 spiro atoms. The van der Waals surface area contributed by atoms with Crippen molar-refractivity contribution in [2.24, 2.45) is 0 Å². The van der Waals surface area contributed by atoms with E-state index in [4.69, 9.17) is 16.3 Å². The van der Waals surface area contributed by atoms with Gasteiger partial charge in [0, 0.05) is 12.0 Å². The zero-order valence-electron chi connectivity index (χ0n) is 15.1. The summed E-state index contributed by atoms with van der Waals surface area (Å²) in [4.78, 5) is 26.0. The topological polar surface area (TPSA) is 58.6 Å². The molecule has 0 atom stereocenters. The second-order valence-electron chi connectivity index (χ2n) is 7.00. The van der Waals surface area contributed by atoms with Crippen LogP contribution in [0.4, 0.5) is 10.1 Å². The highest BCUT2D eigenvalue weighted by Gasteiger charge is 2.30. The Morgan fingerprint density at radius 2 is 2.00 bits per heavy atom. The SMILES string of the molecule is CC(C)(CNC(=O)CN1C(=O)COc2c(Cl)cccc21)c1ccccc1F. The molecule has 1 N–H and O–H groups in total. The van der Waals surface area contributed by atoms with Gasteiger partial charge in [0.05, 0.1) is 10.7 Å². The van der Waals surface area contributed by atoms with Crippen LogP contribution in [0.1, 0.15) is 19.4 Å². The van der Waals surface area contributed by atoms with Gasteiger partial charge in [-0.25, -0.2) is 4.39 Å². The lowest BCUT2D eigenvalue weighted by Gasteiger charge is -2.30. The minimum atomic E-state index is -0.600. The van der Waals surface area contributed by atoms with E-state index in [-0.39, 0.29) is 37.3 Å². The normalized spacial score (nSPS) is 13.8. The van der Waals surface area contributed by atoms with Crippen molar-refractivity contribution in [1.29, 1.82) is 0 Å². The van der Waals surface area contributed by atoms with Crippen LogP contribution in [0.5, 0.6) is 5.75 Å². The smallest absolute Gasteiger partial charge is 0.265 e. The molecule has 0 aromatic heterocycles. The van der Waals surface area contributed by atoms with Crippen molar-refractivity contribution in [2.75, 3.05) is 24.6 Å². The molecular weight excluding hydrogens is 371 g/mol. The van der Waals surface area contributed by atoms with Crippen molar-refractivity contribution in [3.63, 3.8) is 0 Å². The Labute approximate surface area is 162 Å². The highest BCUT2D eigenvalue weighted by atomic mass is 35.5. The Morgan fingerprint density at radius 3 is 2.74 bits per heavy atom. The Morgan fingerprint density at radius 1 is 1.26 bits per heavy atom. The average molecular weight is 391 g/mol.